The molecule has 0 aromatic heterocycles. The molecule has 1 heteroatoms. The zero-order chi connectivity index (χ0) is 11.3. The maximum Gasteiger partial charge on any atom is 0.00699 e. The van der Waals surface area contributed by atoms with Crippen LogP contribution in [0, 0.1) is 17.8 Å². The Morgan fingerprint density at radius 2 is 1.87 bits per heavy atom. The maximum absolute atomic E-state index is 6.30. The molecular formula is C14H29N. The van der Waals surface area contributed by atoms with Crippen LogP contribution in [0.25, 0.3) is 0 Å². The van der Waals surface area contributed by atoms with E-state index in [0.29, 0.717) is 6.04 Å². The molecule has 0 aliphatic heterocycles. The van der Waals surface area contributed by atoms with Crippen molar-refractivity contribution < 1.29 is 0 Å². The van der Waals surface area contributed by atoms with Gasteiger partial charge >= 0.3 is 0 Å². The van der Waals surface area contributed by atoms with E-state index in [9.17, 15) is 0 Å². The Morgan fingerprint density at radius 3 is 2.40 bits per heavy atom. The first-order valence-electron chi connectivity index (χ1n) is 6.96. The van der Waals surface area contributed by atoms with Gasteiger partial charge in [0.15, 0.2) is 0 Å². The van der Waals surface area contributed by atoms with Crippen LogP contribution in [0.1, 0.15) is 65.7 Å². The summed E-state index contributed by atoms with van der Waals surface area (Å²) in [7, 11) is 0. The molecule has 0 amide bonds. The summed E-state index contributed by atoms with van der Waals surface area (Å²) in [6.45, 7) is 7.05. The second kappa shape index (κ2) is 6.52. The second-order valence-electron chi connectivity index (χ2n) is 5.45. The third-order valence-corrected chi connectivity index (χ3v) is 4.42. The highest BCUT2D eigenvalue weighted by atomic mass is 14.7. The molecule has 3 unspecified atom stereocenters. The van der Waals surface area contributed by atoms with E-state index in [-0.39, 0.29) is 0 Å². The number of hydrogen-bond donors (Lipinski definition) is 1. The molecule has 1 aliphatic rings. The Kier molecular flexibility index (Phi) is 5.66. The van der Waals surface area contributed by atoms with Crippen LogP contribution in [0.5, 0.6) is 0 Å². The van der Waals surface area contributed by atoms with Gasteiger partial charge in [-0.05, 0) is 30.6 Å². The summed E-state index contributed by atoms with van der Waals surface area (Å²) in [4.78, 5) is 0. The highest BCUT2D eigenvalue weighted by molar-refractivity contribution is 4.85. The average Bonchev–Trinajstić information content (AvgIpc) is 2.26. The number of rotatable bonds is 5. The minimum absolute atomic E-state index is 0.490. The Morgan fingerprint density at radius 1 is 1.20 bits per heavy atom. The third-order valence-electron chi connectivity index (χ3n) is 4.42. The minimum atomic E-state index is 0.490. The van der Waals surface area contributed by atoms with Crippen molar-refractivity contribution in [1.29, 1.82) is 0 Å². The molecule has 15 heavy (non-hydrogen) atoms. The summed E-state index contributed by atoms with van der Waals surface area (Å²) in [5, 5.41) is 0. The molecule has 0 radical (unpaired) electrons. The van der Waals surface area contributed by atoms with Crippen LogP contribution in [0.4, 0.5) is 0 Å². The molecule has 4 atom stereocenters. The van der Waals surface area contributed by atoms with Crippen LogP contribution < -0.4 is 5.73 Å². The standard InChI is InChI=1S/C14H29N/c1-4-8-12(11(3)5-2)13-9-6-7-10-14(13)15/h11-14H,4-10,15H2,1-3H3/t11?,12?,13-,14?/m1/s1. The van der Waals surface area contributed by atoms with Crippen LogP contribution in [-0.2, 0) is 0 Å². The molecule has 90 valence electrons. The van der Waals surface area contributed by atoms with Gasteiger partial charge in [-0.1, -0.05) is 52.9 Å². The van der Waals surface area contributed by atoms with E-state index in [4.69, 9.17) is 5.73 Å². The van der Waals surface area contributed by atoms with Gasteiger partial charge in [-0.2, -0.15) is 0 Å². The van der Waals surface area contributed by atoms with Crippen molar-refractivity contribution >= 4 is 0 Å². The second-order valence-corrected chi connectivity index (χ2v) is 5.45. The van der Waals surface area contributed by atoms with Crippen molar-refractivity contribution in [1.82, 2.24) is 0 Å². The summed E-state index contributed by atoms with van der Waals surface area (Å²) >= 11 is 0. The quantitative estimate of drug-likeness (QED) is 0.731. The van der Waals surface area contributed by atoms with Gasteiger partial charge in [-0.15, -0.1) is 0 Å². The molecule has 1 fully saturated rings. The zero-order valence-corrected chi connectivity index (χ0v) is 10.8. The Hall–Kier alpha value is -0.0400. The first-order valence-corrected chi connectivity index (χ1v) is 6.96. The van der Waals surface area contributed by atoms with Gasteiger partial charge in [0.1, 0.15) is 0 Å². The third kappa shape index (κ3) is 3.48. The maximum atomic E-state index is 6.30. The molecule has 0 aromatic carbocycles. The topological polar surface area (TPSA) is 26.0 Å². The van der Waals surface area contributed by atoms with Crippen LogP contribution in [0.2, 0.25) is 0 Å². The monoisotopic (exact) mass is 211 g/mol. The lowest BCUT2D eigenvalue weighted by atomic mass is 9.70. The zero-order valence-electron chi connectivity index (χ0n) is 10.8. The molecule has 2 N–H and O–H groups in total. The lowest BCUT2D eigenvalue weighted by Gasteiger charge is -2.38. The minimum Gasteiger partial charge on any atom is -0.327 e. The van der Waals surface area contributed by atoms with Gasteiger partial charge in [-0.3, -0.25) is 0 Å². The fourth-order valence-electron chi connectivity index (χ4n) is 3.28. The summed E-state index contributed by atoms with van der Waals surface area (Å²) < 4.78 is 0. The number of nitrogens with two attached hydrogens (primary N) is 1. The van der Waals surface area contributed by atoms with Crippen molar-refractivity contribution in [3.8, 4) is 0 Å². The van der Waals surface area contributed by atoms with Crippen molar-refractivity contribution in [3.63, 3.8) is 0 Å². The lowest BCUT2D eigenvalue weighted by Crippen LogP contribution is -2.39. The first kappa shape index (κ1) is 13.0. The van der Waals surface area contributed by atoms with E-state index in [2.05, 4.69) is 20.8 Å². The van der Waals surface area contributed by atoms with Gasteiger partial charge in [0.25, 0.3) is 0 Å². The predicted molar refractivity (Wildman–Crippen MR) is 67.8 cm³/mol. The SMILES string of the molecule is CCCC(C(C)CC)[C@H]1CCCCC1N. The van der Waals surface area contributed by atoms with Crippen molar-refractivity contribution in [2.45, 2.75) is 71.8 Å². The van der Waals surface area contributed by atoms with Crippen LogP contribution in [0.3, 0.4) is 0 Å². The molecule has 0 saturated heterocycles. The Balaban J connectivity index is 2.59. The summed E-state index contributed by atoms with van der Waals surface area (Å²) in [6, 6.07) is 0.490. The first-order chi connectivity index (χ1) is 7.20. The normalized spacial score (nSPS) is 31.2. The van der Waals surface area contributed by atoms with E-state index in [0.717, 1.165) is 17.8 Å². The van der Waals surface area contributed by atoms with Crippen LogP contribution >= 0.6 is 0 Å². The van der Waals surface area contributed by atoms with Gasteiger partial charge < -0.3 is 5.73 Å². The lowest BCUT2D eigenvalue weighted by molar-refractivity contribution is 0.149. The van der Waals surface area contributed by atoms with Crippen LogP contribution in [-0.4, -0.2) is 6.04 Å². The largest absolute Gasteiger partial charge is 0.327 e. The van der Waals surface area contributed by atoms with Gasteiger partial charge in [0.05, 0.1) is 0 Å². The Labute approximate surface area is 95.8 Å². The summed E-state index contributed by atoms with van der Waals surface area (Å²) in [6.07, 6.45) is 9.43. The van der Waals surface area contributed by atoms with E-state index < -0.39 is 0 Å². The fraction of sp³-hybridized carbons (Fsp3) is 1.00. The molecule has 0 bridgehead atoms. The molecule has 1 aliphatic carbocycles. The van der Waals surface area contributed by atoms with Gasteiger partial charge in [-0.25, -0.2) is 0 Å². The van der Waals surface area contributed by atoms with Gasteiger partial charge in [0.2, 0.25) is 0 Å². The summed E-state index contributed by atoms with van der Waals surface area (Å²) in [5.74, 6) is 2.56. The molecule has 1 saturated carbocycles. The highest BCUT2D eigenvalue weighted by Crippen LogP contribution is 2.37. The molecular weight excluding hydrogens is 182 g/mol. The summed E-state index contributed by atoms with van der Waals surface area (Å²) in [5.41, 5.74) is 6.30. The highest BCUT2D eigenvalue weighted by Gasteiger charge is 2.31. The van der Waals surface area contributed by atoms with Gasteiger partial charge in [0, 0.05) is 6.04 Å². The smallest absolute Gasteiger partial charge is 0.00699 e. The number of hydrogen-bond acceptors (Lipinski definition) is 1. The molecule has 0 spiro atoms. The van der Waals surface area contributed by atoms with Crippen molar-refractivity contribution in [2.75, 3.05) is 0 Å². The molecule has 0 aromatic rings. The molecule has 1 rings (SSSR count). The van der Waals surface area contributed by atoms with E-state index in [1.54, 1.807) is 0 Å². The average molecular weight is 211 g/mol. The Bertz CT molecular complexity index is 167. The van der Waals surface area contributed by atoms with E-state index in [1.165, 1.54) is 44.9 Å². The van der Waals surface area contributed by atoms with Crippen molar-refractivity contribution in [2.24, 2.45) is 23.5 Å². The van der Waals surface area contributed by atoms with Crippen molar-refractivity contribution in [3.05, 3.63) is 0 Å². The molecule has 1 nitrogen and oxygen atoms in total. The fourth-order valence-corrected chi connectivity index (χ4v) is 3.28. The van der Waals surface area contributed by atoms with E-state index in [1.807, 2.05) is 0 Å². The molecule has 0 heterocycles. The van der Waals surface area contributed by atoms with E-state index >= 15 is 0 Å². The predicted octanol–water partition coefficient (Wildman–Crippen LogP) is 3.97. The van der Waals surface area contributed by atoms with Crippen LogP contribution in [0.15, 0.2) is 0 Å².